The third-order valence-electron chi connectivity index (χ3n) is 4.91. The Morgan fingerprint density at radius 2 is 1.73 bits per heavy atom. The van der Waals surface area contributed by atoms with Crippen LogP contribution in [0.5, 0.6) is 0 Å². The van der Waals surface area contributed by atoms with Crippen molar-refractivity contribution in [3.63, 3.8) is 0 Å². The Morgan fingerprint density at radius 3 is 2.36 bits per heavy atom. The first-order chi connectivity index (χ1) is 10.8. The molecule has 0 radical (unpaired) electrons. The number of aliphatic hydroxyl groups excluding tert-OH is 1. The lowest BCUT2D eigenvalue weighted by molar-refractivity contribution is -0.832. The molecular weight excluding hydrogens is 272 g/mol. The van der Waals surface area contributed by atoms with Gasteiger partial charge in [-0.2, -0.15) is 0 Å². The summed E-state index contributed by atoms with van der Waals surface area (Å²) in [6.07, 6.45) is 16.7. The third-order valence-corrected chi connectivity index (χ3v) is 4.91. The maximum Gasteiger partial charge on any atom is 0.222 e. The summed E-state index contributed by atoms with van der Waals surface area (Å²) in [6.45, 7) is 8.51. The highest BCUT2D eigenvalue weighted by molar-refractivity contribution is 5.88. The molecule has 1 aliphatic rings. The largest absolute Gasteiger partial charge is 0.390 e. The van der Waals surface area contributed by atoms with Gasteiger partial charge in [0.25, 0.3) is 0 Å². The number of hydrogen-bond acceptors (Lipinski definition) is 2. The molecule has 3 heteroatoms. The van der Waals surface area contributed by atoms with Gasteiger partial charge in [-0.25, -0.2) is 4.99 Å². The smallest absolute Gasteiger partial charge is 0.222 e. The van der Waals surface area contributed by atoms with Gasteiger partial charge in [-0.15, -0.1) is 0 Å². The van der Waals surface area contributed by atoms with Crippen molar-refractivity contribution in [2.45, 2.75) is 71.6 Å². The maximum absolute atomic E-state index is 9.29. The summed E-state index contributed by atoms with van der Waals surface area (Å²) in [5.41, 5.74) is 0. The minimum atomic E-state index is 0.249. The minimum absolute atomic E-state index is 0.249. The predicted octanol–water partition coefficient (Wildman–Crippen LogP) is 4.31. The first-order valence-corrected chi connectivity index (χ1v) is 9.47. The average molecular weight is 310 g/mol. The molecule has 1 atom stereocenters. The van der Waals surface area contributed by atoms with Gasteiger partial charge in [0, 0.05) is 6.08 Å². The van der Waals surface area contributed by atoms with Gasteiger partial charge in [0.15, 0.2) is 0 Å². The molecule has 0 amide bonds. The fourth-order valence-corrected chi connectivity index (χ4v) is 3.31. The second-order valence-electron chi connectivity index (χ2n) is 6.54. The van der Waals surface area contributed by atoms with E-state index in [4.69, 9.17) is 0 Å². The summed E-state index contributed by atoms with van der Waals surface area (Å²) in [5.74, 6) is 1.18. The Balaban J connectivity index is 2.15. The summed E-state index contributed by atoms with van der Waals surface area (Å²) in [6, 6.07) is 0. The highest BCUT2D eigenvalue weighted by Gasteiger charge is 2.34. The molecule has 0 aliphatic carbocycles. The average Bonchev–Trinajstić information content (AvgIpc) is 2.93. The van der Waals surface area contributed by atoms with Crippen molar-refractivity contribution < 1.29 is 9.59 Å². The molecule has 0 aromatic heterocycles. The Morgan fingerprint density at radius 1 is 1.05 bits per heavy atom. The topological polar surface area (TPSA) is 32.6 Å². The van der Waals surface area contributed by atoms with Crippen LogP contribution in [0.3, 0.4) is 0 Å². The second kappa shape index (κ2) is 11.8. The number of rotatable bonds is 13. The van der Waals surface area contributed by atoms with E-state index in [9.17, 15) is 5.11 Å². The summed E-state index contributed by atoms with van der Waals surface area (Å²) in [5, 5.41) is 9.29. The van der Waals surface area contributed by atoms with Gasteiger partial charge >= 0.3 is 0 Å². The van der Waals surface area contributed by atoms with Gasteiger partial charge in [0.1, 0.15) is 13.1 Å². The molecule has 3 nitrogen and oxygen atoms in total. The van der Waals surface area contributed by atoms with E-state index < -0.39 is 0 Å². The fourth-order valence-electron chi connectivity index (χ4n) is 3.31. The van der Waals surface area contributed by atoms with Crippen molar-refractivity contribution in [1.29, 1.82) is 0 Å². The zero-order valence-electron chi connectivity index (χ0n) is 14.9. The number of allylic oxidation sites excluding steroid dienone is 1. The Labute approximate surface area is 137 Å². The molecule has 0 aromatic carbocycles. The van der Waals surface area contributed by atoms with E-state index in [1.807, 2.05) is 0 Å². The lowest BCUT2D eigenvalue weighted by Crippen LogP contribution is -2.51. The van der Waals surface area contributed by atoms with Crippen LogP contribution in [0.25, 0.3) is 0 Å². The van der Waals surface area contributed by atoms with Crippen molar-refractivity contribution in [2.75, 3.05) is 32.8 Å². The van der Waals surface area contributed by atoms with Crippen LogP contribution in [0.2, 0.25) is 0 Å². The summed E-state index contributed by atoms with van der Waals surface area (Å²) in [4.78, 5) is 4.65. The number of aliphatic imine (C=N–C) groups is 1. The summed E-state index contributed by atoms with van der Waals surface area (Å²) in [7, 11) is 0. The number of unbranched alkanes of at least 4 members (excludes halogenated alkanes) is 8. The van der Waals surface area contributed by atoms with Gasteiger partial charge in [-0.3, -0.25) is 4.48 Å². The van der Waals surface area contributed by atoms with Gasteiger partial charge in [-0.05, 0) is 19.8 Å². The molecular formula is C19H37N2O+. The molecule has 0 saturated carbocycles. The standard InChI is InChI=1S/C19H37N2O/c1-3-5-6-7-8-9-10-11-12-13-14-19-20-15-16-21(19,4-2)17-18-22/h13-14,22H,3-12,15-18H2,1-2H3/q+1/b14-13+. The molecule has 22 heavy (non-hydrogen) atoms. The lowest BCUT2D eigenvalue weighted by Gasteiger charge is -2.31. The quantitative estimate of drug-likeness (QED) is 0.399. The first-order valence-electron chi connectivity index (χ1n) is 9.47. The molecule has 1 aliphatic heterocycles. The van der Waals surface area contributed by atoms with Gasteiger partial charge in [0.05, 0.1) is 19.7 Å². The SMILES string of the molecule is CCCCCCCCCC/C=C/C1=NCC[N+]1(CC)CCO. The monoisotopic (exact) mass is 309 g/mol. The molecule has 1 heterocycles. The van der Waals surface area contributed by atoms with Gasteiger partial charge in [0.2, 0.25) is 5.84 Å². The lowest BCUT2D eigenvalue weighted by atomic mass is 10.1. The number of aliphatic hydroxyl groups is 1. The fraction of sp³-hybridized carbons (Fsp3) is 0.842. The van der Waals surface area contributed by atoms with Gasteiger partial charge < -0.3 is 5.11 Å². The van der Waals surface area contributed by atoms with Crippen LogP contribution in [0.4, 0.5) is 0 Å². The molecule has 0 saturated heterocycles. The van der Waals surface area contributed by atoms with Crippen molar-refractivity contribution in [3.05, 3.63) is 12.2 Å². The highest BCUT2D eigenvalue weighted by Crippen LogP contribution is 2.16. The van der Waals surface area contributed by atoms with Crippen molar-refractivity contribution >= 4 is 5.84 Å². The number of likely N-dealkylation sites (N-methyl/N-ethyl adjacent to an activating group) is 1. The van der Waals surface area contributed by atoms with Crippen molar-refractivity contribution in [3.8, 4) is 0 Å². The van der Waals surface area contributed by atoms with Crippen molar-refractivity contribution in [2.24, 2.45) is 4.99 Å². The number of quaternary nitrogens is 1. The minimum Gasteiger partial charge on any atom is -0.390 e. The van der Waals surface area contributed by atoms with E-state index in [2.05, 4.69) is 31.0 Å². The summed E-state index contributed by atoms with van der Waals surface area (Å²) < 4.78 is 0.866. The highest BCUT2D eigenvalue weighted by atomic mass is 16.3. The normalized spacial score (nSPS) is 21.7. The van der Waals surface area contributed by atoms with E-state index >= 15 is 0 Å². The zero-order chi connectivity index (χ0) is 16.1. The molecule has 0 bridgehead atoms. The maximum atomic E-state index is 9.29. The number of amidine groups is 1. The van der Waals surface area contributed by atoms with Crippen molar-refractivity contribution in [1.82, 2.24) is 0 Å². The number of nitrogens with zero attached hydrogens (tertiary/aromatic N) is 2. The van der Waals surface area contributed by atoms with E-state index in [-0.39, 0.29) is 6.61 Å². The molecule has 0 fully saturated rings. The molecule has 1 N–H and O–H groups in total. The Kier molecular flexibility index (Phi) is 10.4. The van der Waals surface area contributed by atoms with E-state index in [0.717, 1.165) is 37.1 Å². The third kappa shape index (κ3) is 6.62. The van der Waals surface area contributed by atoms with Crippen LogP contribution in [0.1, 0.15) is 71.6 Å². The van der Waals surface area contributed by atoms with Gasteiger partial charge in [-0.1, -0.05) is 57.9 Å². The van der Waals surface area contributed by atoms with E-state index in [1.54, 1.807) is 0 Å². The second-order valence-corrected chi connectivity index (χ2v) is 6.54. The molecule has 128 valence electrons. The van der Waals surface area contributed by atoms with Crippen LogP contribution < -0.4 is 0 Å². The van der Waals surface area contributed by atoms with Crippen LogP contribution in [0.15, 0.2) is 17.1 Å². The predicted molar refractivity (Wildman–Crippen MR) is 96.3 cm³/mol. The molecule has 1 rings (SSSR count). The van der Waals surface area contributed by atoms with Crippen LogP contribution in [-0.4, -0.2) is 48.2 Å². The Bertz CT molecular complexity index is 338. The molecule has 1 unspecified atom stereocenters. The van der Waals surface area contributed by atoms with E-state index in [1.165, 1.54) is 57.2 Å². The van der Waals surface area contributed by atoms with Crippen LogP contribution >= 0.6 is 0 Å². The summed E-state index contributed by atoms with van der Waals surface area (Å²) >= 11 is 0. The van der Waals surface area contributed by atoms with Crippen LogP contribution in [0, 0.1) is 0 Å². The molecule has 0 spiro atoms. The first kappa shape index (κ1) is 19.4. The van der Waals surface area contributed by atoms with E-state index in [0.29, 0.717) is 0 Å². The zero-order valence-corrected chi connectivity index (χ0v) is 14.9. The molecule has 0 aromatic rings. The Hall–Kier alpha value is -0.670. The number of hydrogen-bond donors (Lipinski definition) is 1. The van der Waals surface area contributed by atoms with Crippen LogP contribution in [-0.2, 0) is 0 Å².